The van der Waals surface area contributed by atoms with Gasteiger partial charge in [-0.05, 0) is 63.5 Å². The van der Waals surface area contributed by atoms with Crippen molar-refractivity contribution in [2.75, 3.05) is 18.0 Å². The van der Waals surface area contributed by atoms with Crippen LogP contribution in [0.5, 0.6) is 0 Å². The fourth-order valence-electron chi connectivity index (χ4n) is 4.88. The smallest absolute Gasteiger partial charge is 0.230 e. The lowest BCUT2D eigenvalue weighted by molar-refractivity contribution is -0.137. The molecule has 2 heterocycles. The third-order valence-corrected chi connectivity index (χ3v) is 6.29. The second-order valence-corrected chi connectivity index (χ2v) is 7.97. The Morgan fingerprint density at radius 2 is 1.52 bits per heavy atom. The Labute approximate surface area is 150 Å². The second kappa shape index (κ2) is 6.81. The molecule has 2 fully saturated rings. The van der Waals surface area contributed by atoms with E-state index in [-0.39, 0.29) is 23.8 Å². The third-order valence-electron chi connectivity index (χ3n) is 6.29. The van der Waals surface area contributed by atoms with E-state index in [1.165, 1.54) is 5.56 Å². The molecular weight excluding hydrogens is 312 g/mol. The zero-order valence-corrected chi connectivity index (χ0v) is 15.1. The van der Waals surface area contributed by atoms with Gasteiger partial charge in [0.1, 0.15) is 0 Å². The van der Waals surface area contributed by atoms with Crippen LogP contribution in [0.4, 0.5) is 5.69 Å². The van der Waals surface area contributed by atoms with E-state index in [0.717, 1.165) is 63.7 Å². The molecule has 2 aliphatic heterocycles. The van der Waals surface area contributed by atoms with E-state index in [4.69, 9.17) is 0 Å². The molecule has 0 radical (unpaired) electrons. The van der Waals surface area contributed by atoms with Crippen LogP contribution in [-0.2, 0) is 16.0 Å². The summed E-state index contributed by atoms with van der Waals surface area (Å²) in [6.45, 7) is 4.00. The summed E-state index contributed by atoms with van der Waals surface area (Å²) in [4.78, 5) is 29.8. The Morgan fingerprint density at radius 1 is 0.920 bits per heavy atom. The molecule has 1 aliphatic carbocycles. The predicted octanol–water partition coefficient (Wildman–Crippen LogP) is 3.39. The molecule has 1 unspecified atom stereocenters. The molecule has 1 saturated heterocycles. The van der Waals surface area contributed by atoms with Crippen molar-refractivity contribution in [3.63, 3.8) is 0 Å². The SMILES string of the molecule is CC1Cc2ccccc2N1C(=O)C1CCC(C(=O)N2CCCC2)CC1. The Balaban J connectivity index is 1.39. The molecule has 4 nitrogen and oxygen atoms in total. The number of amides is 2. The van der Waals surface area contributed by atoms with Gasteiger partial charge in [0, 0.05) is 36.7 Å². The highest BCUT2D eigenvalue weighted by molar-refractivity contribution is 5.97. The van der Waals surface area contributed by atoms with Crippen molar-refractivity contribution < 1.29 is 9.59 Å². The van der Waals surface area contributed by atoms with Crippen LogP contribution in [0.2, 0.25) is 0 Å². The number of carbonyl (C=O) groups is 2. The summed E-state index contributed by atoms with van der Waals surface area (Å²) in [5.74, 6) is 0.828. The highest BCUT2D eigenvalue weighted by Gasteiger charge is 2.38. The maximum Gasteiger partial charge on any atom is 0.230 e. The van der Waals surface area contributed by atoms with Crippen molar-refractivity contribution >= 4 is 17.5 Å². The lowest BCUT2D eigenvalue weighted by Crippen LogP contribution is -2.42. The van der Waals surface area contributed by atoms with E-state index in [1.807, 2.05) is 15.9 Å². The topological polar surface area (TPSA) is 40.6 Å². The number of carbonyl (C=O) groups excluding carboxylic acids is 2. The van der Waals surface area contributed by atoms with Gasteiger partial charge in [0.05, 0.1) is 0 Å². The molecule has 1 saturated carbocycles. The number of likely N-dealkylation sites (tertiary alicyclic amines) is 1. The summed E-state index contributed by atoms with van der Waals surface area (Å²) >= 11 is 0. The Bertz CT molecular complexity index is 658. The molecule has 0 N–H and O–H groups in total. The molecule has 0 spiro atoms. The van der Waals surface area contributed by atoms with Crippen LogP contribution in [0.1, 0.15) is 51.0 Å². The zero-order valence-electron chi connectivity index (χ0n) is 15.1. The number of fused-ring (bicyclic) bond motifs is 1. The van der Waals surface area contributed by atoms with Gasteiger partial charge in [0.25, 0.3) is 0 Å². The number of nitrogens with zero attached hydrogens (tertiary/aromatic N) is 2. The first-order valence-electron chi connectivity index (χ1n) is 9.85. The van der Waals surface area contributed by atoms with Crippen molar-refractivity contribution in [1.29, 1.82) is 0 Å². The van der Waals surface area contributed by atoms with Crippen molar-refractivity contribution in [1.82, 2.24) is 4.90 Å². The van der Waals surface area contributed by atoms with E-state index >= 15 is 0 Å². The van der Waals surface area contributed by atoms with Crippen molar-refractivity contribution in [2.45, 2.75) is 57.9 Å². The van der Waals surface area contributed by atoms with Gasteiger partial charge in [-0.15, -0.1) is 0 Å². The molecule has 4 heteroatoms. The molecule has 0 aromatic heterocycles. The number of hydrogen-bond acceptors (Lipinski definition) is 2. The van der Waals surface area contributed by atoms with E-state index in [1.54, 1.807) is 0 Å². The monoisotopic (exact) mass is 340 g/mol. The maximum atomic E-state index is 13.1. The van der Waals surface area contributed by atoms with Gasteiger partial charge < -0.3 is 9.80 Å². The fraction of sp³-hybridized carbons (Fsp3) is 0.619. The second-order valence-electron chi connectivity index (χ2n) is 7.97. The summed E-state index contributed by atoms with van der Waals surface area (Å²) in [5.41, 5.74) is 2.37. The average Bonchev–Trinajstić information content (AvgIpc) is 3.27. The summed E-state index contributed by atoms with van der Waals surface area (Å²) in [7, 11) is 0. The Hall–Kier alpha value is -1.84. The van der Waals surface area contributed by atoms with Crippen molar-refractivity contribution in [2.24, 2.45) is 11.8 Å². The minimum atomic E-state index is 0.0798. The third kappa shape index (κ3) is 3.07. The molecule has 134 valence electrons. The number of anilines is 1. The van der Waals surface area contributed by atoms with E-state index < -0.39 is 0 Å². The fourth-order valence-corrected chi connectivity index (χ4v) is 4.88. The molecule has 25 heavy (non-hydrogen) atoms. The van der Waals surface area contributed by atoms with E-state index in [9.17, 15) is 9.59 Å². The van der Waals surface area contributed by atoms with Gasteiger partial charge in [-0.1, -0.05) is 18.2 Å². The average molecular weight is 340 g/mol. The quantitative estimate of drug-likeness (QED) is 0.828. The minimum Gasteiger partial charge on any atom is -0.342 e. The molecule has 1 aromatic carbocycles. The van der Waals surface area contributed by atoms with Gasteiger partial charge >= 0.3 is 0 Å². The minimum absolute atomic E-state index is 0.0798. The van der Waals surface area contributed by atoms with Crippen LogP contribution in [0.3, 0.4) is 0 Å². The molecule has 3 aliphatic rings. The van der Waals surface area contributed by atoms with Crippen molar-refractivity contribution in [3.8, 4) is 0 Å². The normalized spacial score (nSPS) is 28.9. The number of rotatable bonds is 2. The lowest BCUT2D eigenvalue weighted by atomic mass is 9.80. The first-order valence-corrected chi connectivity index (χ1v) is 9.85. The maximum absolute atomic E-state index is 13.1. The van der Waals surface area contributed by atoms with Gasteiger partial charge in [0.2, 0.25) is 11.8 Å². The molecule has 4 rings (SSSR count). The van der Waals surface area contributed by atoms with E-state index in [0.29, 0.717) is 5.91 Å². The predicted molar refractivity (Wildman–Crippen MR) is 98.4 cm³/mol. The van der Waals surface area contributed by atoms with Gasteiger partial charge in [0.15, 0.2) is 0 Å². The van der Waals surface area contributed by atoms with Crippen LogP contribution >= 0.6 is 0 Å². The molecule has 0 bridgehead atoms. The van der Waals surface area contributed by atoms with Gasteiger partial charge in [-0.3, -0.25) is 9.59 Å². The van der Waals surface area contributed by atoms with Crippen LogP contribution in [0.15, 0.2) is 24.3 Å². The summed E-state index contributed by atoms with van der Waals surface area (Å²) in [5, 5.41) is 0. The summed E-state index contributed by atoms with van der Waals surface area (Å²) < 4.78 is 0. The highest BCUT2D eigenvalue weighted by atomic mass is 16.2. The summed E-state index contributed by atoms with van der Waals surface area (Å²) in [6, 6.07) is 8.51. The summed E-state index contributed by atoms with van der Waals surface area (Å²) in [6.07, 6.45) is 6.69. The number of benzene rings is 1. The van der Waals surface area contributed by atoms with Gasteiger partial charge in [-0.2, -0.15) is 0 Å². The Morgan fingerprint density at radius 3 is 2.20 bits per heavy atom. The van der Waals surface area contributed by atoms with E-state index in [2.05, 4.69) is 25.1 Å². The van der Waals surface area contributed by atoms with Crippen molar-refractivity contribution in [3.05, 3.63) is 29.8 Å². The number of hydrogen-bond donors (Lipinski definition) is 0. The standard InChI is InChI=1S/C21H28N2O2/c1-15-14-18-6-2-3-7-19(18)23(15)21(25)17-10-8-16(9-11-17)20(24)22-12-4-5-13-22/h2-3,6-7,15-17H,4-5,8-14H2,1H3. The molecule has 2 amide bonds. The first kappa shape index (κ1) is 16.6. The van der Waals surface area contributed by atoms with Crippen LogP contribution in [-0.4, -0.2) is 35.8 Å². The van der Waals surface area contributed by atoms with Crippen LogP contribution in [0, 0.1) is 11.8 Å². The first-order chi connectivity index (χ1) is 12.1. The van der Waals surface area contributed by atoms with Crippen LogP contribution < -0.4 is 4.90 Å². The lowest BCUT2D eigenvalue weighted by Gasteiger charge is -2.33. The largest absolute Gasteiger partial charge is 0.342 e. The molecule has 1 aromatic rings. The molecule has 1 atom stereocenters. The van der Waals surface area contributed by atoms with Gasteiger partial charge in [-0.25, -0.2) is 0 Å². The number of para-hydroxylation sites is 1. The highest BCUT2D eigenvalue weighted by Crippen LogP contribution is 2.37. The zero-order chi connectivity index (χ0) is 17.4. The Kier molecular flexibility index (Phi) is 4.53. The molecular formula is C21H28N2O2. The van der Waals surface area contributed by atoms with Crippen LogP contribution in [0.25, 0.3) is 0 Å².